The van der Waals surface area contributed by atoms with Crippen molar-refractivity contribution in [3.05, 3.63) is 48.0 Å². The van der Waals surface area contributed by atoms with Crippen LogP contribution in [-0.2, 0) is 4.79 Å². The molecule has 1 aliphatic carbocycles. The summed E-state index contributed by atoms with van der Waals surface area (Å²) in [6.07, 6.45) is 5.44. The lowest BCUT2D eigenvalue weighted by atomic mass is 10.0. The molecule has 1 amide bonds. The highest BCUT2D eigenvalue weighted by Crippen LogP contribution is 2.38. The molecule has 2 aliphatic rings. The van der Waals surface area contributed by atoms with Crippen molar-refractivity contribution in [1.82, 2.24) is 4.90 Å². The molecule has 5 heteroatoms. The smallest absolute Gasteiger partial charge is 0.224 e. The van der Waals surface area contributed by atoms with Gasteiger partial charge in [-0.3, -0.25) is 4.79 Å². The SMILES string of the molecule is CCN(C)C1=Nc2ccccc2Oc2ccc(NC(=O)CC3CCCC3)cc21. The molecular formula is C23H27N3O2. The van der Waals surface area contributed by atoms with Crippen LogP contribution in [0.2, 0.25) is 0 Å². The van der Waals surface area contributed by atoms with Gasteiger partial charge in [-0.05, 0) is 56.0 Å². The zero-order valence-corrected chi connectivity index (χ0v) is 16.6. The molecule has 1 N–H and O–H groups in total. The second-order valence-electron chi connectivity index (χ2n) is 7.63. The zero-order valence-electron chi connectivity index (χ0n) is 16.6. The number of anilines is 1. The molecule has 1 aliphatic heterocycles. The summed E-state index contributed by atoms with van der Waals surface area (Å²) in [5.41, 5.74) is 2.48. The summed E-state index contributed by atoms with van der Waals surface area (Å²) < 4.78 is 6.14. The van der Waals surface area contributed by atoms with Crippen LogP contribution in [0.5, 0.6) is 11.5 Å². The Labute approximate surface area is 166 Å². The summed E-state index contributed by atoms with van der Waals surface area (Å²) in [7, 11) is 2.02. The van der Waals surface area contributed by atoms with Gasteiger partial charge < -0.3 is 15.0 Å². The van der Waals surface area contributed by atoms with Gasteiger partial charge in [-0.1, -0.05) is 25.0 Å². The van der Waals surface area contributed by atoms with Crippen molar-refractivity contribution in [2.45, 2.75) is 39.0 Å². The van der Waals surface area contributed by atoms with Crippen molar-refractivity contribution in [2.24, 2.45) is 10.9 Å². The molecular weight excluding hydrogens is 350 g/mol. The maximum atomic E-state index is 12.5. The van der Waals surface area contributed by atoms with Gasteiger partial charge in [0.15, 0.2) is 5.75 Å². The van der Waals surface area contributed by atoms with E-state index >= 15 is 0 Å². The quantitative estimate of drug-likeness (QED) is 0.782. The Balaban J connectivity index is 1.63. The number of para-hydroxylation sites is 2. The number of carbonyl (C=O) groups is 1. The van der Waals surface area contributed by atoms with Crippen LogP contribution in [0.15, 0.2) is 47.5 Å². The molecule has 0 unspecified atom stereocenters. The molecule has 5 nitrogen and oxygen atoms in total. The van der Waals surface area contributed by atoms with Crippen LogP contribution in [0, 0.1) is 5.92 Å². The second kappa shape index (κ2) is 8.05. The van der Waals surface area contributed by atoms with E-state index in [9.17, 15) is 4.79 Å². The molecule has 0 spiro atoms. The van der Waals surface area contributed by atoms with Gasteiger partial charge in [0, 0.05) is 25.7 Å². The van der Waals surface area contributed by atoms with Gasteiger partial charge in [-0.15, -0.1) is 0 Å². The Morgan fingerprint density at radius 2 is 1.96 bits per heavy atom. The number of hydrogen-bond acceptors (Lipinski definition) is 4. The predicted octanol–water partition coefficient (Wildman–Crippen LogP) is 5.34. The van der Waals surface area contributed by atoms with Crippen molar-refractivity contribution in [3.63, 3.8) is 0 Å². The first-order valence-corrected chi connectivity index (χ1v) is 10.1. The molecule has 0 aromatic heterocycles. The van der Waals surface area contributed by atoms with Gasteiger partial charge in [-0.25, -0.2) is 4.99 Å². The fourth-order valence-corrected chi connectivity index (χ4v) is 3.93. The van der Waals surface area contributed by atoms with Crippen LogP contribution in [0.1, 0.15) is 44.6 Å². The van der Waals surface area contributed by atoms with Gasteiger partial charge in [0.2, 0.25) is 5.91 Å². The molecule has 1 heterocycles. The van der Waals surface area contributed by atoms with Crippen LogP contribution < -0.4 is 10.1 Å². The average molecular weight is 377 g/mol. The van der Waals surface area contributed by atoms with Gasteiger partial charge in [0.1, 0.15) is 17.3 Å². The number of ether oxygens (including phenoxy) is 1. The Kier molecular flexibility index (Phi) is 5.33. The molecule has 28 heavy (non-hydrogen) atoms. The number of amidine groups is 1. The third-order valence-electron chi connectivity index (χ3n) is 5.60. The second-order valence-corrected chi connectivity index (χ2v) is 7.63. The van der Waals surface area contributed by atoms with Crippen LogP contribution in [0.4, 0.5) is 11.4 Å². The number of rotatable bonds is 4. The maximum absolute atomic E-state index is 12.5. The summed E-state index contributed by atoms with van der Waals surface area (Å²) >= 11 is 0. The van der Waals surface area contributed by atoms with E-state index in [1.54, 1.807) is 0 Å². The Hall–Kier alpha value is -2.82. The molecule has 0 bridgehead atoms. The average Bonchev–Trinajstić information content (AvgIpc) is 3.14. The molecule has 1 saturated carbocycles. The first kappa shape index (κ1) is 18.5. The van der Waals surface area contributed by atoms with Gasteiger partial charge in [0.25, 0.3) is 0 Å². The Morgan fingerprint density at radius 1 is 1.18 bits per heavy atom. The fraction of sp³-hybridized carbons (Fsp3) is 0.391. The van der Waals surface area contributed by atoms with Crippen molar-refractivity contribution >= 4 is 23.1 Å². The number of fused-ring (bicyclic) bond motifs is 2. The highest BCUT2D eigenvalue weighted by Gasteiger charge is 2.22. The number of carbonyl (C=O) groups excluding carboxylic acids is 1. The third kappa shape index (κ3) is 3.88. The molecule has 2 aromatic rings. The van der Waals surface area contributed by atoms with E-state index in [1.165, 1.54) is 25.7 Å². The minimum absolute atomic E-state index is 0.0898. The summed E-state index contributed by atoms with van der Waals surface area (Å²) in [4.78, 5) is 19.4. The largest absolute Gasteiger partial charge is 0.454 e. The number of aliphatic imine (C=N–C) groups is 1. The van der Waals surface area contributed by atoms with Gasteiger partial charge >= 0.3 is 0 Å². The first-order valence-electron chi connectivity index (χ1n) is 10.1. The highest BCUT2D eigenvalue weighted by atomic mass is 16.5. The number of benzene rings is 2. The first-order chi connectivity index (χ1) is 13.6. The molecule has 4 rings (SSSR count). The van der Waals surface area contributed by atoms with E-state index in [1.807, 2.05) is 49.5 Å². The molecule has 2 aromatic carbocycles. The van der Waals surface area contributed by atoms with Gasteiger partial charge in [-0.2, -0.15) is 0 Å². The van der Waals surface area contributed by atoms with E-state index in [0.29, 0.717) is 12.3 Å². The molecule has 0 radical (unpaired) electrons. The van der Waals surface area contributed by atoms with E-state index in [2.05, 4.69) is 17.1 Å². The summed E-state index contributed by atoms with van der Waals surface area (Å²) in [5.74, 6) is 2.95. The molecule has 146 valence electrons. The number of nitrogens with zero attached hydrogens (tertiary/aromatic N) is 2. The van der Waals surface area contributed by atoms with Gasteiger partial charge in [0.05, 0.1) is 5.56 Å². The summed E-state index contributed by atoms with van der Waals surface area (Å²) in [6.45, 7) is 2.91. The van der Waals surface area contributed by atoms with Crippen LogP contribution >= 0.6 is 0 Å². The van der Waals surface area contributed by atoms with Crippen molar-refractivity contribution in [2.75, 3.05) is 18.9 Å². The van der Waals surface area contributed by atoms with Crippen molar-refractivity contribution < 1.29 is 9.53 Å². The summed E-state index contributed by atoms with van der Waals surface area (Å²) in [5, 5.41) is 3.07. The summed E-state index contributed by atoms with van der Waals surface area (Å²) in [6, 6.07) is 13.6. The molecule has 1 fully saturated rings. The normalized spacial score (nSPS) is 15.7. The predicted molar refractivity (Wildman–Crippen MR) is 113 cm³/mol. The minimum atomic E-state index is 0.0898. The minimum Gasteiger partial charge on any atom is -0.454 e. The number of amides is 1. The zero-order chi connectivity index (χ0) is 19.5. The Morgan fingerprint density at radius 3 is 2.75 bits per heavy atom. The lowest BCUT2D eigenvalue weighted by Gasteiger charge is -2.20. The van der Waals surface area contributed by atoms with Crippen LogP contribution in [0.3, 0.4) is 0 Å². The standard InChI is InChI=1S/C23H27N3O2/c1-3-26(2)23-18-15-17(24-22(27)14-16-8-4-5-9-16)12-13-20(18)28-21-11-7-6-10-19(21)25-23/h6-7,10-13,15-16H,3-5,8-9,14H2,1-2H3,(H,24,27). The maximum Gasteiger partial charge on any atom is 0.224 e. The Bertz CT molecular complexity index is 900. The molecule has 0 atom stereocenters. The van der Waals surface area contributed by atoms with Crippen LogP contribution in [-0.4, -0.2) is 30.2 Å². The highest BCUT2D eigenvalue weighted by molar-refractivity contribution is 6.05. The van der Waals surface area contributed by atoms with E-state index in [0.717, 1.165) is 40.8 Å². The fourth-order valence-electron chi connectivity index (χ4n) is 3.93. The monoisotopic (exact) mass is 377 g/mol. The van der Waals surface area contributed by atoms with Crippen molar-refractivity contribution in [1.29, 1.82) is 0 Å². The lowest BCUT2D eigenvalue weighted by molar-refractivity contribution is -0.117. The van der Waals surface area contributed by atoms with Crippen LogP contribution in [0.25, 0.3) is 0 Å². The third-order valence-corrected chi connectivity index (χ3v) is 5.60. The van der Waals surface area contributed by atoms with E-state index < -0.39 is 0 Å². The van der Waals surface area contributed by atoms with E-state index in [4.69, 9.17) is 9.73 Å². The molecule has 0 saturated heterocycles. The van der Waals surface area contributed by atoms with E-state index in [-0.39, 0.29) is 5.91 Å². The number of hydrogen-bond donors (Lipinski definition) is 1. The lowest BCUT2D eigenvalue weighted by Crippen LogP contribution is -2.27. The number of nitrogens with one attached hydrogen (secondary N) is 1. The van der Waals surface area contributed by atoms with Crippen molar-refractivity contribution in [3.8, 4) is 11.5 Å². The topological polar surface area (TPSA) is 53.9 Å².